The first kappa shape index (κ1) is 16.7. The Bertz CT molecular complexity index is 480. The molecule has 0 heterocycles. The molecule has 1 aliphatic rings. The van der Waals surface area contributed by atoms with Gasteiger partial charge in [-0.1, -0.05) is 75.7 Å². The molecule has 0 aliphatic heterocycles. The fourth-order valence-corrected chi connectivity index (χ4v) is 14.8. The highest BCUT2D eigenvalue weighted by Gasteiger charge is 2.39. The molecule has 0 spiro atoms. The molecule has 2 rings (SSSR count). The number of benzene rings is 1. The van der Waals surface area contributed by atoms with Gasteiger partial charge >= 0.3 is 0 Å². The molecule has 0 bridgehead atoms. The van der Waals surface area contributed by atoms with E-state index >= 15 is 0 Å². The summed E-state index contributed by atoms with van der Waals surface area (Å²) >= 11 is 0. The van der Waals surface area contributed by atoms with Crippen molar-refractivity contribution in [2.45, 2.75) is 64.6 Å². The lowest BCUT2D eigenvalue weighted by atomic mass is 9.91. The summed E-state index contributed by atoms with van der Waals surface area (Å²) in [7, 11) is -2.49. The molecule has 1 aliphatic carbocycles. The molecule has 0 aromatic heterocycles. The summed E-state index contributed by atoms with van der Waals surface area (Å²) in [4.78, 5) is 0. The molecule has 116 valence electrons. The topological polar surface area (TPSA) is 3.24 Å². The molecule has 1 unspecified atom stereocenters. The van der Waals surface area contributed by atoms with Gasteiger partial charge in [0, 0.05) is 6.04 Å². The second-order valence-corrected chi connectivity index (χ2v) is 18.3. The standard InChI is InChI=1S/C18H31NSi2/c1-20(2,3)19(21(4,5)6)18-14-12-17(13-15-18)16-10-8-7-9-11-16/h7-12,18H,13-15H2,1-6H3. The van der Waals surface area contributed by atoms with E-state index in [-0.39, 0.29) is 0 Å². The molecule has 0 saturated heterocycles. The van der Waals surface area contributed by atoms with E-state index in [2.05, 4.69) is 79.9 Å². The monoisotopic (exact) mass is 317 g/mol. The van der Waals surface area contributed by atoms with Crippen LogP contribution in [0, 0.1) is 0 Å². The Labute approximate surface area is 133 Å². The van der Waals surface area contributed by atoms with Gasteiger partial charge in [0.2, 0.25) is 0 Å². The van der Waals surface area contributed by atoms with Gasteiger partial charge in [-0.05, 0) is 30.4 Å². The molecule has 21 heavy (non-hydrogen) atoms. The van der Waals surface area contributed by atoms with Crippen molar-refractivity contribution >= 4 is 22.0 Å². The van der Waals surface area contributed by atoms with Gasteiger partial charge in [0.15, 0.2) is 0 Å². The van der Waals surface area contributed by atoms with Crippen molar-refractivity contribution in [3.8, 4) is 0 Å². The maximum atomic E-state index is 2.98. The van der Waals surface area contributed by atoms with Crippen LogP contribution in [0.5, 0.6) is 0 Å². The van der Waals surface area contributed by atoms with E-state index in [9.17, 15) is 0 Å². The minimum absolute atomic E-state index is 0.774. The second-order valence-electron chi connectivity index (χ2n) is 8.24. The van der Waals surface area contributed by atoms with Crippen molar-refractivity contribution < 1.29 is 0 Å². The average molecular weight is 318 g/mol. The SMILES string of the molecule is C[Si](C)(C)N(C1CC=C(c2ccccc2)CC1)[Si](C)(C)C. The lowest BCUT2D eigenvalue weighted by Crippen LogP contribution is -2.63. The fourth-order valence-electron chi connectivity index (χ4n) is 4.07. The zero-order valence-electron chi connectivity index (χ0n) is 14.6. The van der Waals surface area contributed by atoms with E-state index in [0.717, 1.165) is 6.04 Å². The molecular formula is C18H31NSi2. The molecule has 0 radical (unpaired) electrons. The molecule has 1 nitrogen and oxygen atoms in total. The van der Waals surface area contributed by atoms with Crippen molar-refractivity contribution in [2.24, 2.45) is 0 Å². The van der Waals surface area contributed by atoms with Crippen LogP contribution in [0.1, 0.15) is 24.8 Å². The molecule has 0 saturated carbocycles. The van der Waals surface area contributed by atoms with Crippen molar-refractivity contribution in [1.82, 2.24) is 4.23 Å². The summed E-state index contributed by atoms with van der Waals surface area (Å²) in [5, 5.41) is 0. The van der Waals surface area contributed by atoms with E-state index < -0.39 is 16.5 Å². The molecular weight excluding hydrogens is 286 g/mol. The number of allylic oxidation sites excluding steroid dienone is 1. The lowest BCUT2D eigenvalue weighted by molar-refractivity contribution is 0.411. The summed E-state index contributed by atoms with van der Waals surface area (Å²) in [6.07, 6.45) is 6.31. The fraction of sp³-hybridized carbons (Fsp3) is 0.556. The molecule has 1 aromatic rings. The summed E-state index contributed by atoms with van der Waals surface area (Å²) in [5.74, 6) is 0. The highest BCUT2D eigenvalue weighted by molar-refractivity contribution is 6.89. The van der Waals surface area contributed by atoms with E-state index in [0.29, 0.717) is 0 Å². The maximum Gasteiger partial charge on any atom is 0.112 e. The summed E-state index contributed by atoms with van der Waals surface area (Å²) in [6, 6.07) is 11.7. The molecule has 0 amide bonds. The highest BCUT2D eigenvalue weighted by atomic mass is 28.4. The highest BCUT2D eigenvalue weighted by Crippen LogP contribution is 2.34. The number of hydrogen-bond donors (Lipinski definition) is 0. The number of rotatable bonds is 4. The van der Waals surface area contributed by atoms with Crippen LogP contribution >= 0.6 is 0 Å². The quantitative estimate of drug-likeness (QED) is 0.654. The van der Waals surface area contributed by atoms with Gasteiger partial charge in [0.05, 0.1) is 0 Å². The van der Waals surface area contributed by atoms with E-state index in [1.165, 1.54) is 24.8 Å². The first-order chi connectivity index (χ1) is 9.69. The van der Waals surface area contributed by atoms with Crippen molar-refractivity contribution in [1.29, 1.82) is 0 Å². The third-order valence-corrected chi connectivity index (χ3v) is 12.0. The van der Waals surface area contributed by atoms with Gasteiger partial charge in [-0.2, -0.15) is 0 Å². The summed E-state index contributed by atoms with van der Waals surface area (Å²) in [5.41, 5.74) is 2.97. The Morgan fingerprint density at radius 2 is 1.48 bits per heavy atom. The maximum absolute atomic E-state index is 2.98. The van der Waals surface area contributed by atoms with Crippen LogP contribution < -0.4 is 0 Å². The molecule has 1 atom stereocenters. The Kier molecular flexibility index (Phi) is 4.96. The lowest BCUT2D eigenvalue weighted by Gasteiger charge is -2.49. The molecule has 3 heteroatoms. The van der Waals surface area contributed by atoms with Crippen LogP contribution in [0.15, 0.2) is 36.4 Å². The van der Waals surface area contributed by atoms with Gasteiger partial charge in [0.1, 0.15) is 16.5 Å². The van der Waals surface area contributed by atoms with Crippen LogP contribution in [0.3, 0.4) is 0 Å². The first-order valence-electron chi connectivity index (χ1n) is 8.23. The van der Waals surface area contributed by atoms with Gasteiger partial charge in [0.25, 0.3) is 0 Å². The second kappa shape index (κ2) is 6.23. The van der Waals surface area contributed by atoms with Crippen LogP contribution in [0.4, 0.5) is 0 Å². The van der Waals surface area contributed by atoms with E-state index in [1.54, 1.807) is 5.57 Å². The smallest absolute Gasteiger partial charge is 0.112 e. The van der Waals surface area contributed by atoms with Crippen LogP contribution in [0.25, 0.3) is 5.57 Å². The van der Waals surface area contributed by atoms with E-state index in [4.69, 9.17) is 0 Å². The Morgan fingerprint density at radius 3 is 1.90 bits per heavy atom. The number of hydrogen-bond acceptors (Lipinski definition) is 1. The zero-order valence-corrected chi connectivity index (χ0v) is 16.6. The predicted octanol–water partition coefficient (Wildman–Crippen LogP) is 5.59. The normalized spacial score (nSPS) is 20.5. The van der Waals surface area contributed by atoms with Crippen LogP contribution in [-0.2, 0) is 0 Å². The minimum atomic E-state index is -1.24. The largest absolute Gasteiger partial charge is 0.343 e. The Balaban J connectivity index is 2.17. The average Bonchev–Trinajstić information content (AvgIpc) is 2.37. The first-order valence-corrected chi connectivity index (χ1v) is 15.1. The van der Waals surface area contributed by atoms with Crippen LogP contribution in [-0.4, -0.2) is 26.7 Å². The molecule has 1 aromatic carbocycles. The van der Waals surface area contributed by atoms with Gasteiger partial charge in [-0.25, -0.2) is 0 Å². The Morgan fingerprint density at radius 1 is 0.905 bits per heavy atom. The minimum Gasteiger partial charge on any atom is -0.343 e. The Hall–Kier alpha value is -0.646. The van der Waals surface area contributed by atoms with Gasteiger partial charge in [-0.15, -0.1) is 0 Å². The third-order valence-electron chi connectivity index (χ3n) is 4.34. The van der Waals surface area contributed by atoms with Crippen LogP contribution in [0.2, 0.25) is 39.3 Å². The van der Waals surface area contributed by atoms with Gasteiger partial charge in [-0.3, -0.25) is 0 Å². The molecule has 0 N–H and O–H groups in total. The zero-order chi connectivity index (χ0) is 15.7. The van der Waals surface area contributed by atoms with E-state index in [1.807, 2.05) is 0 Å². The van der Waals surface area contributed by atoms with Crippen molar-refractivity contribution in [3.63, 3.8) is 0 Å². The third kappa shape index (κ3) is 4.18. The number of nitrogens with zero attached hydrogens (tertiary/aromatic N) is 1. The molecule has 0 fully saturated rings. The summed E-state index contributed by atoms with van der Waals surface area (Å²) < 4.78 is 2.98. The van der Waals surface area contributed by atoms with Crippen molar-refractivity contribution in [2.75, 3.05) is 0 Å². The van der Waals surface area contributed by atoms with Crippen molar-refractivity contribution in [3.05, 3.63) is 42.0 Å². The summed E-state index contributed by atoms with van der Waals surface area (Å²) in [6.45, 7) is 15.1. The van der Waals surface area contributed by atoms with Gasteiger partial charge < -0.3 is 4.23 Å². The predicted molar refractivity (Wildman–Crippen MR) is 101 cm³/mol.